The average Bonchev–Trinajstić information content (AvgIpc) is 2.89. The monoisotopic (exact) mass is 392 g/mol. The van der Waals surface area contributed by atoms with Gasteiger partial charge in [-0.25, -0.2) is 8.42 Å². The van der Waals surface area contributed by atoms with E-state index in [2.05, 4.69) is 0 Å². The first-order valence-electron chi connectivity index (χ1n) is 10.2. The van der Waals surface area contributed by atoms with Gasteiger partial charge in [0.2, 0.25) is 15.9 Å². The van der Waals surface area contributed by atoms with Crippen LogP contribution in [0.2, 0.25) is 0 Å². The summed E-state index contributed by atoms with van der Waals surface area (Å²) in [6.45, 7) is 8.14. The molecule has 2 heterocycles. The third-order valence-electron chi connectivity index (χ3n) is 5.85. The fourth-order valence-electron chi connectivity index (χ4n) is 4.61. The van der Waals surface area contributed by atoms with E-state index >= 15 is 0 Å². The maximum Gasteiger partial charge on any atom is 0.243 e. The van der Waals surface area contributed by atoms with E-state index in [1.54, 1.807) is 4.31 Å². The fourth-order valence-corrected chi connectivity index (χ4v) is 6.55. The topological polar surface area (TPSA) is 57.7 Å². The Balaban J connectivity index is 1.80. The highest BCUT2D eigenvalue weighted by atomic mass is 32.2. The molecular weight excluding hydrogens is 360 g/mol. The number of piperidine rings is 1. The van der Waals surface area contributed by atoms with Gasteiger partial charge in [-0.15, -0.1) is 0 Å². The first-order valence-corrected chi connectivity index (χ1v) is 11.6. The van der Waals surface area contributed by atoms with Crippen molar-refractivity contribution in [3.63, 3.8) is 0 Å². The second-order valence-electron chi connectivity index (χ2n) is 8.17. The van der Waals surface area contributed by atoms with Crippen molar-refractivity contribution in [1.29, 1.82) is 0 Å². The zero-order valence-electron chi connectivity index (χ0n) is 16.8. The molecule has 2 aliphatic heterocycles. The smallest absolute Gasteiger partial charge is 0.243 e. The van der Waals surface area contributed by atoms with Crippen LogP contribution in [-0.2, 0) is 14.8 Å². The number of likely N-dealkylation sites (tertiary alicyclic amines) is 1. The van der Waals surface area contributed by atoms with Crippen LogP contribution in [0.4, 0.5) is 0 Å². The minimum atomic E-state index is -3.58. The van der Waals surface area contributed by atoms with E-state index in [9.17, 15) is 13.2 Å². The van der Waals surface area contributed by atoms with Gasteiger partial charge < -0.3 is 4.90 Å². The van der Waals surface area contributed by atoms with E-state index in [0.29, 0.717) is 18.0 Å². The summed E-state index contributed by atoms with van der Waals surface area (Å²) in [4.78, 5) is 15.4. The number of rotatable bonds is 3. The summed E-state index contributed by atoms with van der Waals surface area (Å²) in [6.07, 6.45) is 6.01. The van der Waals surface area contributed by atoms with Gasteiger partial charge in [0, 0.05) is 26.2 Å². The average molecular weight is 393 g/mol. The number of benzene rings is 1. The lowest BCUT2D eigenvalue weighted by molar-refractivity contribution is -0.136. The predicted molar refractivity (Wildman–Crippen MR) is 107 cm³/mol. The second kappa shape index (κ2) is 8.31. The molecule has 0 radical (unpaired) electrons. The van der Waals surface area contributed by atoms with Gasteiger partial charge in [0.25, 0.3) is 0 Å². The molecule has 0 bridgehead atoms. The summed E-state index contributed by atoms with van der Waals surface area (Å²) >= 11 is 0. The number of carbonyl (C=O) groups excluding carboxylic acids is 1. The Hall–Kier alpha value is -1.40. The lowest BCUT2D eigenvalue weighted by Gasteiger charge is -2.34. The van der Waals surface area contributed by atoms with Gasteiger partial charge in [-0.2, -0.15) is 4.31 Å². The number of sulfonamides is 1. The Morgan fingerprint density at radius 1 is 0.926 bits per heavy atom. The molecule has 1 aromatic carbocycles. The van der Waals surface area contributed by atoms with Crippen LogP contribution in [0.15, 0.2) is 17.0 Å². The highest BCUT2D eigenvalue weighted by Crippen LogP contribution is 2.29. The van der Waals surface area contributed by atoms with Gasteiger partial charge >= 0.3 is 0 Å². The molecule has 5 nitrogen and oxygen atoms in total. The molecule has 6 heteroatoms. The lowest BCUT2D eigenvalue weighted by Crippen LogP contribution is -2.47. The van der Waals surface area contributed by atoms with Crippen LogP contribution in [0.1, 0.15) is 55.2 Å². The van der Waals surface area contributed by atoms with Gasteiger partial charge in [-0.3, -0.25) is 4.79 Å². The molecular formula is C21H32N2O3S. The Labute approximate surface area is 163 Å². The number of amides is 1. The molecule has 1 atom stereocenters. The van der Waals surface area contributed by atoms with E-state index in [1.807, 2.05) is 37.8 Å². The molecule has 2 aliphatic rings. The fraction of sp³-hybridized carbons (Fsp3) is 0.667. The molecule has 0 aromatic heterocycles. The van der Waals surface area contributed by atoms with E-state index in [-0.39, 0.29) is 11.8 Å². The lowest BCUT2D eigenvalue weighted by atomic mass is 9.98. The first-order chi connectivity index (χ1) is 12.8. The summed E-state index contributed by atoms with van der Waals surface area (Å²) in [6, 6.07) is 3.84. The van der Waals surface area contributed by atoms with Crippen molar-refractivity contribution in [2.24, 2.45) is 5.92 Å². The zero-order valence-corrected chi connectivity index (χ0v) is 17.6. The first kappa shape index (κ1) is 20.3. The Bertz CT molecular complexity index is 773. The van der Waals surface area contributed by atoms with Crippen LogP contribution in [-0.4, -0.2) is 49.7 Å². The van der Waals surface area contributed by atoms with Crippen molar-refractivity contribution in [2.75, 3.05) is 26.2 Å². The van der Waals surface area contributed by atoms with Gasteiger partial charge in [-0.05, 0) is 57.6 Å². The molecule has 150 valence electrons. The maximum atomic E-state index is 13.3. The summed E-state index contributed by atoms with van der Waals surface area (Å²) in [5.74, 6) is -0.0631. The normalized spacial score (nSPS) is 22.5. The van der Waals surface area contributed by atoms with Crippen LogP contribution in [0.5, 0.6) is 0 Å². The highest BCUT2D eigenvalue weighted by molar-refractivity contribution is 7.89. The molecule has 3 rings (SSSR count). The Morgan fingerprint density at radius 2 is 1.52 bits per heavy atom. The molecule has 2 saturated heterocycles. The van der Waals surface area contributed by atoms with Crippen molar-refractivity contribution in [3.8, 4) is 0 Å². The molecule has 0 spiro atoms. The standard InChI is InChI=1S/C21H32N2O3S/c1-16-13-17(2)20(18(3)14-16)27(25,26)23-12-8-9-19(15-23)21(24)22-10-6-4-5-7-11-22/h13-14,19H,4-12,15H2,1-3H3/t19-/m0/s1. The Morgan fingerprint density at radius 3 is 2.11 bits per heavy atom. The van der Waals surface area contributed by atoms with Crippen LogP contribution in [0, 0.1) is 26.7 Å². The summed E-state index contributed by atoms with van der Waals surface area (Å²) in [5.41, 5.74) is 2.64. The molecule has 0 saturated carbocycles. The number of aryl methyl sites for hydroxylation is 3. The van der Waals surface area contributed by atoms with E-state index in [4.69, 9.17) is 0 Å². The van der Waals surface area contributed by atoms with Gasteiger partial charge in [-0.1, -0.05) is 30.5 Å². The van der Waals surface area contributed by atoms with Crippen molar-refractivity contribution in [3.05, 3.63) is 28.8 Å². The van der Waals surface area contributed by atoms with Gasteiger partial charge in [0.05, 0.1) is 10.8 Å². The van der Waals surface area contributed by atoms with E-state index in [1.165, 1.54) is 12.8 Å². The Kier molecular flexibility index (Phi) is 6.26. The van der Waals surface area contributed by atoms with Crippen LogP contribution in [0.25, 0.3) is 0 Å². The molecule has 0 N–H and O–H groups in total. The third kappa shape index (κ3) is 4.37. The predicted octanol–water partition coefficient (Wildman–Crippen LogP) is 3.42. The number of hydrogen-bond donors (Lipinski definition) is 0. The third-order valence-corrected chi connectivity index (χ3v) is 8.02. The molecule has 1 amide bonds. The summed E-state index contributed by atoms with van der Waals surface area (Å²) in [5, 5.41) is 0. The maximum absolute atomic E-state index is 13.3. The molecule has 0 aliphatic carbocycles. The molecule has 2 fully saturated rings. The minimum Gasteiger partial charge on any atom is -0.342 e. The molecule has 27 heavy (non-hydrogen) atoms. The molecule has 1 aromatic rings. The second-order valence-corrected chi connectivity index (χ2v) is 10.0. The molecule has 0 unspecified atom stereocenters. The number of hydrogen-bond acceptors (Lipinski definition) is 3. The van der Waals surface area contributed by atoms with E-state index < -0.39 is 10.0 Å². The quantitative estimate of drug-likeness (QED) is 0.792. The van der Waals surface area contributed by atoms with Crippen LogP contribution in [0.3, 0.4) is 0 Å². The summed E-state index contributed by atoms with van der Waals surface area (Å²) < 4.78 is 28.2. The van der Waals surface area contributed by atoms with Gasteiger partial charge in [0.1, 0.15) is 0 Å². The SMILES string of the molecule is Cc1cc(C)c(S(=O)(=O)N2CCC[C@H](C(=O)N3CCCCCC3)C2)c(C)c1. The highest BCUT2D eigenvalue weighted by Gasteiger charge is 2.36. The largest absolute Gasteiger partial charge is 0.342 e. The number of carbonyl (C=O) groups is 1. The minimum absolute atomic E-state index is 0.147. The summed E-state index contributed by atoms with van der Waals surface area (Å²) in [7, 11) is -3.58. The number of nitrogens with zero attached hydrogens (tertiary/aromatic N) is 2. The van der Waals surface area contributed by atoms with Gasteiger partial charge in [0.15, 0.2) is 0 Å². The van der Waals surface area contributed by atoms with Crippen molar-refractivity contribution in [2.45, 2.75) is 64.2 Å². The van der Waals surface area contributed by atoms with E-state index in [0.717, 1.165) is 55.5 Å². The van der Waals surface area contributed by atoms with Crippen molar-refractivity contribution in [1.82, 2.24) is 9.21 Å². The van der Waals surface area contributed by atoms with Crippen molar-refractivity contribution < 1.29 is 13.2 Å². The van der Waals surface area contributed by atoms with Crippen LogP contribution < -0.4 is 0 Å². The zero-order chi connectivity index (χ0) is 19.6. The van der Waals surface area contributed by atoms with Crippen molar-refractivity contribution >= 4 is 15.9 Å². The van der Waals surface area contributed by atoms with Crippen LogP contribution >= 0.6 is 0 Å².